The molecule has 4 nitrogen and oxygen atoms in total. The van der Waals surface area contributed by atoms with Crippen molar-refractivity contribution in [1.29, 1.82) is 0 Å². The summed E-state index contributed by atoms with van der Waals surface area (Å²) in [5, 5.41) is 0. The van der Waals surface area contributed by atoms with E-state index in [0.717, 1.165) is 32.5 Å². The van der Waals surface area contributed by atoms with Gasteiger partial charge in [0, 0.05) is 28.6 Å². The molecule has 3 aromatic heterocycles. The average Bonchev–Trinajstić information content (AvgIpc) is 2.68. The van der Waals surface area contributed by atoms with Crippen LogP contribution in [0.25, 0.3) is 16.9 Å². The number of imidazole rings is 1. The fourth-order valence-electron chi connectivity index (χ4n) is 2.20. The van der Waals surface area contributed by atoms with Gasteiger partial charge in [0.2, 0.25) is 0 Å². The molecule has 0 amide bonds. The molecule has 0 aromatic carbocycles. The lowest BCUT2D eigenvalue weighted by Gasteiger charge is -2.02. The molecule has 3 aromatic rings. The lowest BCUT2D eigenvalue weighted by atomic mass is 10.1. The van der Waals surface area contributed by atoms with Crippen molar-refractivity contribution in [2.45, 2.75) is 13.8 Å². The number of nitrogens with zero attached hydrogens (tertiary/aromatic N) is 3. The Morgan fingerprint density at radius 3 is 2.79 bits per heavy atom. The molecule has 3 heterocycles. The quantitative estimate of drug-likeness (QED) is 0.749. The van der Waals surface area contributed by atoms with Gasteiger partial charge in [-0.15, -0.1) is 0 Å². The zero-order valence-corrected chi connectivity index (χ0v) is 12.3. The normalized spacial score (nSPS) is 11.1. The Labute approximate surface area is 119 Å². The molecule has 96 valence electrons. The number of fused-ring (bicyclic) bond motifs is 1. The molecule has 0 bridgehead atoms. The summed E-state index contributed by atoms with van der Waals surface area (Å²) in [6.07, 6.45) is 5.50. The highest BCUT2D eigenvalue weighted by Gasteiger charge is 2.14. The van der Waals surface area contributed by atoms with Crippen molar-refractivity contribution < 1.29 is 0 Å². The Balaban J connectivity index is 2.35. The van der Waals surface area contributed by atoms with E-state index in [-0.39, 0.29) is 0 Å². The average molecular weight is 317 g/mol. The zero-order chi connectivity index (χ0) is 13.6. The Morgan fingerprint density at radius 2 is 2.05 bits per heavy atom. The van der Waals surface area contributed by atoms with Crippen LogP contribution in [0.5, 0.6) is 0 Å². The van der Waals surface area contributed by atoms with Crippen molar-refractivity contribution in [2.24, 2.45) is 0 Å². The van der Waals surface area contributed by atoms with Crippen LogP contribution in [0.3, 0.4) is 0 Å². The first-order valence-corrected chi connectivity index (χ1v) is 6.72. The Morgan fingerprint density at radius 1 is 1.26 bits per heavy atom. The molecule has 0 saturated carbocycles. The van der Waals surface area contributed by atoms with Crippen LogP contribution in [0.1, 0.15) is 11.1 Å². The number of hydrogen-bond donors (Lipinski definition) is 1. The van der Waals surface area contributed by atoms with Gasteiger partial charge in [-0.05, 0) is 53.0 Å². The van der Waals surface area contributed by atoms with E-state index in [2.05, 4.69) is 25.9 Å². The molecule has 0 aliphatic heterocycles. The largest absolute Gasteiger partial charge is 0.383 e. The van der Waals surface area contributed by atoms with Gasteiger partial charge in [0.25, 0.3) is 0 Å². The third-order valence-electron chi connectivity index (χ3n) is 3.20. The van der Waals surface area contributed by atoms with Crippen LogP contribution >= 0.6 is 15.9 Å². The van der Waals surface area contributed by atoms with E-state index in [0.29, 0.717) is 5.82 Å². The number of hydrogen-bond acceptors (Lipinski definition) is 3. The van der Waals surface area contributed by atoms with Crippen molar-refractivity contribution in [3.05, 3.63) is 46.3 Å². The SMILES string of the molecule is Cc1ccncc1-c1nc2c(C)cc(Br)cn2c1N. The Hall–Kier alpha value is -1.88. The lowest BCUT2D eigenvalue weighted by Crippen LogP contribution is -1.96. The van der Waals surface area contributed by atoms with Crippen molar-refractivity contribution in [2.75, 3.05) is 5.73 Å². The van der Waals surface area contributed by atoms with Crippen molar-refractivity contribution in [3.63, 3.8) is 0 Å². The van der Waals surface area contributed by atoms with E-state index < -0.39 is 0 Å². The molecule has 0 radical (unpaired) electrons. The first kappa shape index (κ1) is 12.2. The summed E-state index contributed by atoms with van der Waals surface area (Å²) in [5.41, 5.74) is 11.0. The van der Waals surface area contributed by atoms with Gasteiger partial charge in [-0.3, -0.25) is 9.38 Å². The minimum absolute atomic E-state index is 0.635. The van der Waals surface area contributed by atoms with Gasteiger partial charge in [-0.25, -0.2) is 4.98 Å². The molecule has 0 aliphatic rings. The van der Waals surface area contributed by atoms with Crippen LogP contribution in [0.4, 0.5) is 5.82 Å². The second kappa shape index (κ2) is 4.35. The first-order valence-electron chi connectivity index (χ1n) is 5.92. The summed E-state index contributed by atoms with van der Waals surface area (Å²) in [6, 6.07) is 3.99. The van der Waals surface area contributed by atoms with E-state index in [1.807, 2.05) is 36.6 Å². The molecular formula is C14H13BrN4. The van der Waals surface area contributed by atoms with E-state index in [1.165, 1.54) is 0 Å². The minimum atomic E-state index is 0.635. The molecule has 0 fully saturated rings. The monoisotopic (exact) mass is 316 g/mol. The van der Waals surface area contributed by atoms with Gasteiger partial charge in [-0.1, -0.05) is 0 Å². The third-order valence-corrected chi connectivity index (χ3v) is 3.64. The second-order valence-electron chi connectivity index (χ2n) is 4.57. The number of nitrogens with two attached hydrogens (primary N) is 1. The fraction of sp³-hybridized carbons (Fsp3) is 0.143. The van der Waals surface area contributed by atoms with Crippen molar-refractivity contribution in [1.82, 2.24) is 14.4 Å². The Kier molecular flexibility index (Phi) is 2.78. The van der Waals surface area contributed by atoms with Crippen molar-refractivity contribution in [3.8, 4) is 11.3 Å². The molecule has 0 saturated heterocycles. The number of aromatic nitrogens is 3. The van der Waals surface area contributed by atoms with Crippen molar-refractivity contribution >= 4 is 27.4 Å². The predicted octanol–water partition coefficient (Wildman–Crippen LogP) is 3.36. The highest BCUT2D eigenvalue weighted by atomic mass is 79.9. The molecular weight excluding hydrogens is 304 g/mol. The van der Waals surface area contributed by atoms with Gasteiger partial charge in [-0.2, -0.15) is 0 Å². The van der Waals surface area contributed by atoms with Crippen LogP contribution in [-0.4, -0.2) is 14.4 Å². The zero-order valence-electron chi connectivity index (χ0n) is 10.7. The van der Waals surface area contributed by atoms with Gasteiger partial charge in [0.15, 0.2) is 0 Å². The molecule has 19 heavy (non-hydrogen) atoms. The topological polar surface area (TPSA) is 56.2 Å². The number of pyridine rings is 2. The maximum atomic E-state index is 6.23. The van der Waals surface area contributed by atoms with Gasteiger partial charge in [0.05, 0.1) is 0 Å². The highest BCUT2D eigenvalue weighted by Crippen LogP contribution is 2.30. The standard InChI is InChI=1S/C14H13BrN4/c1-8-3-4-17-6-11(8)12-13(16)19-7-10(15)5-9(2)14(19)18-12/h3-7H,16H2,1-2H3. The maximum absolute atomic E-state index is 6.23. The molecule has 0 aliphatic carbocycles. The number of nitrogen functional groups attached to an aromatic ring is 1. The van der Waals surface area contributed by atoms with Crippen LogP contribution < -0.4 is 5.73 Å². The number of rotatable bonds is 1. The van der Waals surface area contributed by atoms with Gasteiger partial charge < -0.3 is 5.73 Å². The number of anilines is 1. The van der Waals surface area contributed by atoms with E-state index >= 15 is 0 Å². The summed E-state index contributed by atoms with van der Waals surface area (Å²) in [7, 11) is 0. The van der Waals surface area contributed by atoms with Gasteiger partial charge >= 0.3 is 0 Å². The molecule has 0 unspecified atom stereocenters. The molecule has 5 heteroatoms. The summed E-state index contributed by atoms with van der Waals surface area (Å²) < 4.78 is 2.89. The summed E-state index contributed by atoms with van der Waals surface area (Å²) in [4.78, 5) is 8.82. The van der Waals surface area contributed by atoms with Crippen LogP contribution in [-0.2, 0) is 0 Å². The number of halogens is 1. The van der Waals surface area contributed by atoms with E-state index in [9.17, 15) is 0 Å². The van der Waals surface area contributed by atoms with Crippen LogP contribution in [0.15, 0.2) is 35.2 Å². The number of aryl methyl sites for hydroxylation is 2. The first-order chi connectivity index (χ1) is 9.08. The summed E-state index contributed by atoms with van der Waals surface area (Å²) in [5.74, 6) is 0.635. The fourth-order valence-corrected chi connectivity index (χ4v) is 2.74. The minimum Gasteiger partial charge on any atom is -0.383 e. The Bertz CT molecular complexity index is 776. The van der Waals surface area contributed by atoms with Crippen LogP contribution in [0, 0.1) is 13.8 Å². The molecule has 3 rings (SSSR count). The molecule has 0 atom stereocenters. The van der Waals surface area contributed by atoms with E-state index in [1.54, 1.807) is 12.4 Å². The highest BCUT2D eigenvalue weighted by molar-refractivity contribution is 9.10. The van der Waals surface area contributed by atoms with E-state index in [4.69, 9.17) is 5.73 Å². The summed E-state index contributed by atoms with van der Waals surface area (Å²) >= 11 is 3.48. The van der Waals surface area contributed by atoms with Gasteiger partial charge in [0.1, 0.15) is 17.2 Å². The predicted molar refractivity (Wildman–Crippen MR) is 80.0 cm³/mol. The molecule has 0 spiro atoms. The maximum Gasteiger partial charge on any atom is 0.142 e. The second-order valence-corrected chi connectivity index (χ2v) is 5.49. The lowest BCUT2D eigenvalue weighted by molar-refractivity contribution is 1.16. The third kappa shape index (κ3) is 1.90. The molecule has 2 N–H and O–H groups in total. The smallest absolute Gasteiger partial charge is 0.142 e. The van der Waals surface area contributed by atoms with Crippen LogP contribution in [0.2, 0.25) is 0 Å². The summed E-state index contributed by atoms with van der Waals surface area (Å²) in [6.45, 7) is 4.05.